The average Bonchev–Trinajstić information content (AvgIpc) is 3.57. The fourth-order valence-corrected chi connectivity index (χ4v) is 5.04. The highest BCUT2D eigenvalue weighted by Crippen LogP contribution is 2.36. The molecule has 0 saturated carbocycles. The molecule has 0 spiro atoms. The van der Waals surface area contributed by atoms with E-state index in [-0.39, 0.29) is 24.4 Å². The molecule has 2 saturated heterocycles. The zero-order valence-corrected chi connectivity index (χ0v) is 18.5. The molecule has 1 unspecified atom stereocenters. The van der Waals surface area contributed by atoms with Crippen molar-refractivity contribution in [1.29, 1.82) is 0 Å². The van der Waals surface area contributed by atoms with Gasteiger partial charge in [-0.05, 0) is 61.7 Å². The minimum absolute atomic E-state index is 0.00362. The van der Waals surface area contributed by atoms with E-state index in [1.54, 1.807) is 24.1 Å². The van der Waals surface area contributed by atoms with Gasteiger partial charge in [0, 0.05) is 30.8 Å². The number of esters is 1. The van der Waals surface area contributed by atoms with E-state index >= 15 is 0 Å². The third-order valence-electron chi connectivity index (χ3n) is 7.02. The van der Waals surface area contributed by atoms with Crippen molar-refractivity contribution in [2.45, 2.75) is 32.3 Å². The quantitative estimate of drug-likeness (QED) is 0.622. The van der Waals surface area contributed by atoms with Crippen molar-refractivity contribution in [3.8, 4) is 5.82 Å². The number of hydrogen-bond donors (Lipinski definition) is 1. The lowest BCUT2D eigenvalue weighted by Gasteiger charge is -2.35. The lowest BCUT2D eigenvalue weighted by atomic mass is 9.83. The van der Waals surface area contributed by atoms with E-state index in [1.807, 2.05) is 6.07 Å². The summed E-state index contributed by atoms with van der Waals surface area (Å²) in [6, 6.07) is 3.61. The highest BCUT2D eigenvalue weighted by atomic mass is 16.5. The molecule has 3 aliphatic heterocycles. The maximum absolute atomic E-state index is 13.1. The molecule has 0 aromatic carbocycles. The fraction of sp³-hybridized carbons (Fsp3) is 0.545. The van der Waals surface area contributed by atoms with Gasteiger partial charge >= 0.3 is 5.97 Å². The molecule has 0 bridgehead atoms. The first-order valence-corrected chi connectivity index (χ1v) is 11.3. The number of nitrogens with zero attached hydrogens (tertiary/aromatic N) is 7. The number of carbonyl (C=O) groups is 2. The summed E-state index contributed by atoms with van der Waals surface area (Å²) >= 11 is 0. The molecule has 3 aliphatic rings. The summed E-state index contributed by atoms with van der Waals surface area (Å²) in [5.41, 5.74) is 2.02. The number of pyridine rings is 1. The van der Waals surface area contributed by atoms with Crippen LogP contribution >= 0.6 is 0 Å². The minimum atomic E-state index is -0.643. The summed E-state index contributed by atoms with van der Waals surface area (Å²) in [7, 11) is 0. The number of aliphatic hydroxyl groups is 1. The van der Waals surface area contributed by atoms with Gasteiger partial charge in [0.2, 0.25) is 5.91 Å². The maximum Gasteiger partial charge on any atom is 0.336 e. The molecule has 1 amide bonds. The van der Waals surface area contributed by atoms with Crippen LogP contribution in [0.5, 0.6) is 0 Å². The molecule has 5 rings (SSSR count). The van der Waals surface area contributed by atoms with Crippen LogP contribution in [-0.4, -0.2) is 84.8 Å². The van der Waals surface area contributed by atoms with E-state index in [2.05, 4.69) is 25.4 Å². The molecule has 5 heterocycles. The highest BCUT2D eigenvalue weighted by molar-refractivity contribution is 5.93. The number of carbonyl (C=O) groups excluding carboxylic acids is 2. The van der Waals surface area contributed by atoms with Crippen LogP contribution in [0.1, 0.15) is 37.9 Å². The molecule has 2 aromatic rings. The molecule has 11 nitrogen and oxygen atoms in total. The second-order valence-electron chi connectivity index (χ2n) is 8.89. The van der Waals surface area contributed by atoms with Gasteiger partial charge in [-0.1, -0.05) is 6.07 Å². The number of hydrogen-bond acceptors (Lipinski definition) is 9. The molecular weight excluding hydrogens is 426 g/mol. The number of piperidine rings is 1. The summed E-state index contributed by atoms with van der Waals surface area (Å²) < 4.78 is 6.54. The molecule has 11 heteroatoms. The van der Waals surface area contributed by atoms with Crippen molar-refractivity contribution in [3.63, 3.8) is 0 Å². The number of likely N-dealkylation sites (tertiary alicyclic amines) is 2. The molecular formula is C22H27N7O4. The van der Waals surface area contributed by atoms with E-state index < -0.39 is 6.10 Å². The Morgan fingerprint density at radius 1 is 1.18 bits per heavy atom. The van der Waals surface area contributed by atoms with E-state index in [4.69, 9.17) is 4.74 Å². The molecule has 2 aromatic heterocycles. The topological polar surface area (TPSA) is 127 Å². The second kappa shape index (κ2) is 8.99. The number of ether oxygens (including phenoxy) is 1. The van der Waals surface area contributed by atoms with Crippen LogP contribution in [0.25, 0.3) is 5.82 Å². The van der Waals surface area contributed by atoms with E-state index in [1.165, 1.54) is 11.0 Å². The largest absolute Gasteiger partial charge is 0.456 e. The van der Waals surface area contributed by atoms with Crippen molar-refractivity contribution < 1.29 is 19.4 Å². The van der Waals surface area contributed by atoms with Crippen LogP contribution in [0.15, 0.2) is 35.9 Å². The average molecular weight is 454 g/mol. The van der Waals surface area contributed by atoms with Gasteiger partial charge in [-0.25, -0.2) is 9.78 Å². The molecule has 1 N–H and O–H groups in total. The third-order valence-corrected chi connectivity index (χ3v) is 7.02. The molecule has 0 aliphatic carbocycles. The maximum atomic E-state index is 13.1. The smallest absolute Gasteiger partial charge is 0.336 e. The van der Waals surface area contributed by atoms with Crippen LogP contribution < -0.4 is 0 Å². The first-order chi connectivity index (χ1) is 16.0. The number of cyclic esters (lactones) is 1. The van der Waals surface area contributed by atoms with Crippen molar-refractivity contribution in [2.75, 3.05) is 32.8 Å². The van der Waals surface area contributed by atoms with Crippen LogP contribution in [0, 0.1) is 11.8 Å². The Kier molecular flexibility index (Phi) is 5.90. The standard InChI is InChI=1S/C22H27N7O4/c1-14-18(12-33-22(14)32)28-9-6-17(21(28)31)15-4-7-27(8-5-15)11-19(30)16-2-3-20(23-10-16)29-13-24-25-26-29/h2-3,10,13,15,17,19,30H,4-9,11-12H2,1H3/t17?,19-/m0/s1. The van der Waals surface area contributed by atoms with Crippen molar-refractivity contribution in [1.82, 2.24) is 35.0 Å². The number of aromatic nitrogens is 5. The summed E-state index contributed by atoms with van der Waals surface area (Å²) in [4.78, 5) is 33.0. The third kappa shape index (κ3) is 4.25. The predicted octanol–water partition coefficient (Wildman–Crippen LogP) is 0.482. The summed E-state index contributed by atoms with van der Waals surface area (Å²) in [6.07, 6.45) is 5.12. The number of β-amino-alcohol motifs (C(OH)–C–C–N with tert-alkyl or cyclic N) is 1. The first kappa shape index (κ1) is 21.7. The monoisotopic (exact) mass is 453 g/mol. The Labute approximate surface area is 191 Å². The van der Waals surface area contributed by atoms with Crippen LogP contribution in [-0.2, 0) is 14.3 Å². The van der Waals surface area contributed by atoms with E-state index in [0.29, 0.717) is 30.4 Å². The molecule has 2 fully saturated rings. The van der Waals surface area contributed by atoms with Gasteiger partial charge in [0.05, 0.1) is 17.4 Å². The predicted molar refractivity (Wildman–Crippen MR) is 115 cm³/mol. The Hall–Kier alpha value is -3.18. The van der Waals surface area contributed by atoms with E-state index in [0.717, 1.165) is 43.6 Å². The Morgan fingerprint density at radius 2 is 2.00 bits per heavy atom. The lowest BCUT2D eigenvalue weighted by Crippen LogP contribution is -2.40. The van der Waals surface area contributed by atoms with Gasteiger partial charge < -0.3 is 19.6 Å². The Balaban J connectivity index is 1.13. The Morgan fingerprint density at radius 3 is 2.64 bits per heavy atom. The van der Waals surface area contributed by atoms with Crippen LogP contribution in [0.4, 0.5) is 0 Å². The van der Waals surface area contributed by atoms with Gasteiger partial charge in [0.15, 0.2) is 5.82 Å². The zero-order chi connectivity index (χ0) is 22.9. The van der Waals surface area contributed by atoms with E-state index in [9.17, 15) is 14.7 Å². The number of rotatable bonds is 6. The number of amides is 1. The van der Waals surface area contributed by atoms with Gasteiger partial charge in [-0.3, -0.25) is 4.79 Å². The first-order valence-electron chi connectivity index (χ1n) is 11.3. The fourth-order valence-electron chi connectivity index (χ4n) is 5.04. The van der Waals surface area contributed by atoms with Crippen LogP contribution in [0.3, 0.4) is 0 Å². The van der Waals surface area contributed by atoms with Gasteiger partial charge in [0.1, 0.15) is 12.9 Å². The second-order valence-corrected chi connectivity index (χ2v) is 8.89. The number of tetrazole rings is 1. The highest BCUT2D eigenvalue weighted by Gasteiger charge is 2.41. The zero-order valence-electron chi connectivity index (χ0n) is 18.5. The lowest BCUT2D eigenvalue weighted by molar-refractivity contribution is -0.136. The summed E-state index contributed by atoms with van der Waals surface area (Å²) in [6.45, 7) is 4.78. The van der Waals surface area contributed by atoms with Crippen molar-refractivity contribution in [2.24, 2.45) is 11.8 Å². The van der Waals surface area contributed by atoms with Crippen molar-refractivity contribution in [3.05, 3.63) is 41.5 Å². The molecule has 2 atom stereocenters. The SMILES string of the molecule is CC1=C(N2CCC(C3CCN(C[C@H](O)c4ccc(-n5cnnn5)nc4)CC3)C2=O)COC1=O. The van der Waals surface area contributed by atoms with Crippen LogP contribution in [0.2, 0.25) is 0 Å². The molecule has 174 valence electrons. The van der Waals surface area contributed by atoms with Gasteiger partial charge in [-0.2, -0.15) is 4.68 Å². The Bertz CT molecular complexity index is 1050. The number of aliphatic hydroxyl groups excluding tert-OH is 1. The summed E-state index contributed by atoms with van der Waals surface area (Å²) in [5, 5.41) is 21.7. The molecule has 33 heavy (non-hydrogen) atoms. The van der Waals surface area contributed by atoms with Crippen molar-refractivity contribution >= 4 is 11.9 Å². The normalized spacial score (nSPS) is 23.5. The van der Waals surface area contributed by atoms with Gasteiger partial charge in [0.25, 0.3) is 0 Å². The van der Waals surface area contributed by atoms with Gasteiger partial charge in [-0.15, -0.1) is 5.10 Å². The minimum Gasteiger partial charge on any atom is -0.456 e. The molecule has 0 radical (unpaired) electrons. The summed E-state index contributed by atoms with van der Waals surface area (Å²) in [5.74, 6) is 0.706.